The van der Waals surface area contributed by atoms with Crippen molar-refractivity contribution in [3.8, 4) is 0 Å². The van der Waals surface area contributed by atoms with E-state index in [9.17, 15) is 0 Å². The van der Waals surface area contributed by atoms with Crippen LogP contribution in [0.25, 0.3) is 0 Å². The maximum Gasteiger partial charge on any atom is 0.0659 e. The van der Waals surface area contributed by atoms with Gasteiger partial charge >= 0.3 is 0 Å². The van der Waals surface area contributed by atoms with Crippen LogP contribution in [0.5, 0.6) is 0 Å². The van der Waals surface area contributed by atoms with E-state index in [1.165, 1.54) is 38.5 Å². The van der Waals surface area contributed by atoms with E-state index < -0.39 is 0 Å². The van der Waals surface area contributed by atoms with Crippen LogP contribution in [0, 0.1) is 11.3 Å². The Kier molecular flexibility index (Phi) is 4.71. The Labute approximate surface area is 113 Å². The SMILES string of the molecule is CCCNC1CC(OC2CCC(C)CC2)C1(C)C. The fraction of sp³-hybridized carbons (Fsp3) is 1.00. The lowest BCUT2D eigenvalue weighted by atomic mass is 9.64. The average molecular weight is 253 g/mol. The van der Waals surface area contributed by atoms with Gasteiger partial charge in [-0.3, -0.25) is 0 Å². The monoisotopic (exact) mass is 253 g/mol. The second-order valence-corrected chi connectivity index (χ2v) is 7.07. The second kappa shape index (κ2) is 5.92. The Morgan fingerprint density at radius 1 is 1.17 bits per heavy atom. The Bertz CT molecular complexity index is 256. The van der Waals surface area contributed by atoms with Crippen LogP contribution in [0.1, 0.15) is 66.2 Å². The van der Waals surface area contributed by atoms with E-state index in [-0.39, 0.29) is 0 Å². The van der Waals surface area contributed by atoms with Gasteiger partial charge in [0.05, 0.1) is 12.2 Å². The molecule has 2 fully saturated rings. The summed E-state index contributed by atoms with van der Waals surface area (Å²) in [7, 11) is 0. The smallest absolute Gasteiger partial charge is 0.0659 e. The third-order valence-electron chi connectivity index (χ3n) is 5.14. The summed E-state index contributed by atoms with van der Waals surface area (Å²) in [6, 6.07) is 0.657. The largest absolute Gasteiger partial charge is 0.374 e. The van der Waals surface area contributed by atoms with Gasteiger partial charge in [-0.15, -0.1) is 0 Å². The van der Waals surface area contributed by atoms with E-state index >= 15 is 0 Å². The highest BCUT2D eigenvalue weighted by molar-refractivity contribution is 5.03. The number of ether oxygens (including phenoxy) is 1. The molecule has 0 aromatic carbocycles. The van der Waals surface area contributed by atoms with Crippen molar-refractivity contribution in [2.24, 2.45) is 11.3 Å². The number of hydrogen-bond donors (Lipinski definition) is 1. The molecule has 0 amide bonds. The van der Waals surface area contributed by atoms with Gasteiger partial charge in [0, 0.05) is 11.5 Å². The van der Waals surface area contributed by atoms with Crippen molar-refractivity contribution in [2.45, 2.75) is 84.5 Å². The van der Waals surface area contributed by atoms with Gasteiger partial charge in [-0.2, -0.15) is 0 Å². The molecule has 0 bridgehead atoms. The van der Waals surface area contributed by atoms with E-state index in [1.54, 1.807) is 0 Å². The highest BCUT2D eigenvalue weighted by atomic mass is 16.5. The molecule has 2 aliphatic rings. The predicted octanol–water partition coefficient (Wildman–Crippen LogP) is 3.75. The van der Waals surface area contributed by atoms with Gasteiger partial charge in [0.25, 0.3) is 0 Å². The quantitative estimate of drug-likeness (QED) is 0.805. The Balaban J connectivity index is 1.75. The van der Waals surface area contributed by atoms with Crippen LogP contribution in [0.4, 0.5) is 0 Å². The van der Waals surface area contributed by atoms with Gasteiger partial charge in [-0.05, 0) is 51.0 Å². The van der Waals surface area contributed by atoms with Crippen LogP contribution in [0.3, 0.4) is 0 Å². The summed E-state index contributed by atoms with van der Waals surface area (Å²) < 4.78 is 6.36. The summed E-state index contributed by atoms with van der Waals surface area (Å²) in [5.74, 6) is 0.915. The summed E-state index contributed by atoms with van der Waals surface area (Å²) in [6.07, 6.45) is 8.71. The summed E-state index contributed by atoms with van der Waals surface area (Å²) in [5, 5.41) is 3.65. The number of nitrogens with one attached hydrogen (secondary N) is 1. The van der Waals surface area contributed by atoms with Gasteiger partial charge in [0.1, 0.15) is 0 Å². The minimum absolute atomic E-state index is 0.318. The van der Waals surface area contributed by atoms with Gasteiger partial charge in [-0.1, -0.05) is 27.7 Å². The minimum Gasteiger partial charge on any atom is -0.374 e. The Morgan fingerprint density at radius 2 is 1.83 bits per heavy atom. The predicted molar refractivity (Wildman–Crippen MR) is 76.8 cm³/mol. The standard InChI is InChI=1S/C16H31NO/c1-5-10-17-14-11-15(16(14,3)4)18-13-8-6-12(2)7-9-13/h12-15,17H,5-11H2,1-4H3. The van der Waals surface area contributed by atoms with Crippen LogP contribution < -0.4 is 5.32 Å². The molecular weight excluding hydrogens is 222 g/mol. The average Bonchev–Trinajstić information content (AvgIpc) is 2.35. The third kappa shape index (κ3) is 3.08. The summed E-state index contributed by atoms with van der Waals surface area (Å²) in [5.41, 5.74) is 0.318. The van der Waals surface area contributed by atoms with Gasteiger partial charge < -0.3 is 10.1 Å². The lowest BCUT2D eigenvalue weighted by molar-refractivity contribution is -0.155. The molecule has 0 aliphatic heterocycles. The van der Waals surface area contributed by atoms with E-state index in [4.69, 9.17) is 4.74 Å². The molecule has 1 N–H and O–H groups in total. The van der Waals surface area contributed by atoms with Crippen molar-refractivity contribution in [1.29, 1.82) is 0 Å². The molecule has 18 heavy (non-hydrogen) atoms. The van der Waals surface area contributed by atoms with Gasteiger partial charge in [0.2, 0.25) is 0 Å². The normalized spacial score (nSPS) is 39.3. The topological polar surface area (TPSA) is 21.3 Å². The summed E-state index contributed by atoms with van der Waals surface area (Å²) >= 11 is 0. The van der Waals surface area contributed by atoms with E-state index in [0.29, 0.717) is 23.7 Å². The summed E-state index contributed by atoms with van der Waals surface area (Å²) in [6.45, 7) is 10.5. The van der Waals surface area contributed by atoms with Gasteiger partial charge in [0.15, 0.2) is 0 Å². The highest BCUT2D eigenvalue weighted by Gasteiger charge is 2.49. The first-order valence-corrected chi connectivity index (χ1v) is 7.92. The molecule has 0 heterocycles. The molecule has 2 atom stereocenters. The molecule has 2 heteroatoms. The first-order valence-electron chi connectivity index (χ1n) is 7.92. The Morgan fingerprint density at radius 3 is 2.39 bits per heavy atom. The molecule has 2 saturated carbocycles. The Hall–Kier alpha value is -0.0800. The summed E-state index contributed by atoms with van der Waals surface area (Å²) in [4.78, 5) is 0. The lowest BCUT2D eigenvalue weighted by Crippen LogP contribution is -2.61. The van der Waals surface area contributed by atoms with Gasteiger partial charge in [-0.25, -0.2) is 0 Å². The third-order valence-corrected chi connectivity index (χ3v) is 5.14. The van der Waals surface area contributed by atoms with E-state index in [2.05, 4.69) is 33.0 Å². The second-order valence-electron chi connectivity index (χ2n) is 7.07. The fourth-order valence-corrected chi connectivity index (χ4v) is 3.38. The zero-order valence-corrected chi connectivity index (χ0v) is 12.7. The number of rotatable bonds is 5. The van der Waals surface area contributed by atoms with Crippen LogP contribution in [0.2, 0.25) is 0 Å². The molecule has 0 saturated heterocycles. The molecule has 0 radical (unpaired) electrons. The highest BCUT2D eigenvalue weighted by Crippen LogP contribution is 2.44. The first-order chi connectivity index (χ1) is 8.54. The molecule has 0 aromatic heterocycles. The first kappa shape index (κ1) is 14.3. The fourth-order valence-electron chi connectivity index (χ4n) is 3.38. The molecule has 2 rings (SSSR count). The molecule has 0 aromatic rings. The van der Waals surface area contributed by atoms with Crippen LogP contribution >= 0.6 is 0 Å². The van der Waals surface area contributed by atoms with Crippen molar-refractivity contribution in [3.05, 3.63) is 0 Å². The zero-order chi connectivity index (χ0) is 13.2. The maximum absolute atomic E-state index is 6.36. The van der Waals surface area contributed by atoms with Crippen LogP contribution in [-0.4, -0.2) is 24.8 Å². The van der Waals surface area contributed by atoms with E-state index in [0.717, 1.165) is 12.5 Å². The molecule has 2 unspecified atom stereocenters. The maximum atomic E-state index is 6.36. The van der Waals surface area contributed by atoms with E-state index in [1.807, 2.05) is 0 Å². The molecule has 106 valence electrons. The van der Waals surface area contributed by atoms with Crippen molar-refractivity contribution in [2.75, 3.05) is 6.54 Å². The molecule has 0 spiro atoms. The van der Waals surface area contributed by atoms with Crippen molar-refractivity contribution >= 4 is 0 Å². The zero-order valence-electron chi connectivity index (χ0n) is 12.7. The molecular formula is C16H31NO. The van der Waals surface area contributed by atoms with Crippen molar-refractivity contribution in [3.63, 3.8) is 0 Å². The van der Waals surface area contributed by atoms with Crippen molar-refractivity contribution < 1.29 is 4.74 Å². The minimum atomic E-state index is 0.318. The van der Waals surface area contributed by atoms with Crippen molar-refractivity contribution in [1.82, 2.24) is 5.32 Å². The van der Waals surface area contributed by atoms with Crippen LogP contribution in [0.15, 0.2) is 0 Å². The molecule has 2 aliphatic carbocycles. The lowest BCUT2D eigenvalue weighted by Gasteiger charge is -2.53. The molecule has 2 nitrogen and oxygen atoms in total. The van der Waals surface area contributed by atoms with Crippen LogP contribution in [-0.2, 0) is 4.74 Å². The number of hydrogen-bond acceptors (Lipinski definition) is 2.